The molecule has 2 aliphatic rings. The minimum atomic E-state index is 0.418. The molecule has 0 spiro atoms. The van der Waals surface area contributed by atoms with E-state index >= 15 is 0 Å². The van der Waals surface area contributed by atoms with Gasteiger partial charge in [0, 0.05) is 6.42 Å². The van der Waals surface area contributed by atoms with E-state index in [4.69, 9.17) is 0 Å². The second-order valence-corrected chi connectivity index (χ2v) is 4.01. The molecule has 0 aliphatic heterocycles. The number of Topliss-reactive ketones (excluding diaryl/α,β-unsaturated/α-hetero) is 1. The van der Waals surface area contributed by atoms with Crippen LogP contribution in [-0.2, 0) is 4.79 Å². The molecule has 0 aromatic rings. The molecule has 0 atom stereocenters. The Hall–Kier alpha value is -0.590. The van der Waals surface area contributed by atoms with Crippen molar-refractivity contribution in [2.75, 3.05) is 0 Å². The van der Waals surface area contributed by atoms with Gasteiger partial charge in [-0.05, 0) is 37.2 Å². The molecule has 2 saturated carbocycles. The SMILES string of the molecule is O=C1CCCC1=CC1CCCC1. The van der Waals surface area contributed by atoms with Crippen LogP contribution >= 0.6 is 0 Å². The quantitative estimate of drug-likeness (QED) is 0.545. The molecule has 1 heteroatoms. The lowest BCUT2D eigenvalue weighted by Gasteiger charge is -2.02. The Morgan fingerprint density at radius 1 is 1.08 bits per heavy atom. The fraction of sp³-hybridized carbons (Fsp3) is 0.727. The van der Waals surface area contributed by atoms with Crippen LogP contribution in [0.4, 0.5) is 0 Å². The van der Waals surface area contributed by atoms with Crippen LogP contribution in [0.1, 0.15) is 44.9 Å². The van der Waals surface area contributed by atoms with Crippen molar-refractivity contribution in [1.82, 2.24) is 0 Å². The lowest BCUT2D eigenvalue weighted by atomic mass is 10.0. The predicted octanol–water partition coefficient (Wildman–Crippen LogP) is 2.86. The van der Waals surface area contributed by atoms with Crippen molar-refractivity contribution in [3.63, 3.8) is 0 Å². The van der Waals surface area contributed by atoms with Gasteiger partial charge < -0.3 is 0 Å². The van der Waals surface area contributed by atoms with Gasteiger partial charge in [0.25, 0.3) is 0 Å². The summed E-state index contributed by atoms with van der Waals surface area (Å²) in [6.45, 7) is 0. The number of allylic oxidation sites excluding steroid dienone is 2. The van der Waals surface area contributed by atoms with E-state index in [1.54, 1.807) is 0 Å². The molecule has 0 saturated heterocycles. The molecule has 0 aromatic heterocycles. The summed E-state index contributed by atoms with van der Waals surface area (Å²) in [6.07, 6.45) is 10.6. The van der Waals surface area contributed by atoms with Gasteiger partial charge in [-0.2, -0.15) is 0 Å². The van der Waals surface area contributed by atoms with Crippen molar-refractivity contribution in [1.29, 1.82) is 0 Å². The normalized spacial score (nSPS) is 29.0. The first-order valence-electron chi connectivity index (χ1n) is 5.10. The van der Waals surface area contributed by atoms with Gasteiger partial charge in [-0.15, -0.1) is 0 Å². The van der Waals surface area contributed by atoms with Crippen molar-refractivity contribution in [3.8, 4) is 0 Å². The predicted molar refractivity (Wildman–Crippen MR) is 48.9 cm³/mol. The first-order valence-corrected chi connectivity index (χ1v) is 5.10. The maximum atomic E-state index is 11.3. The minimum Gasteiger partial charge on any atom is -0.295 e. The van der Waals surface area contributed by atoms with Gasteiger partial charge in [0.05, 0.1) is 0 Å². The topological polar surface area (TPSA) is 17.1 Å². The summed E-state index contributed by atoms with van der Waals surface area (Å²) < 4.78 is 0. The maximum absolute atomic E-state index is 11.3. The molecule has 0 amide bonds. The molecule has 12 heavy (non-hydrogen) atoms. The van der Waals surface area contributed by atoms with Crippen molar-refractivity contribution < 1.29 is 4.79 Å². The van der Waals surface area contributed by atoms with Gasteiger partial charge in [0.15, 0.2) is 5.78 Å². The highest BCUT2D eigenvalue weighted by atomic mass is 16.1. The number of carbonyl (C=O) groups is 1. The van der Waals surface area contributed by atoms with E-state index in [0.717, 1.165) is 30.8 Å². The van der Waals surface area contributed by atoms with Crippen LogP contribution in [0.3, 0.4) is 0 Å². The van der Waals surface area contributed by atoms with Crippen LogP contribution in [0.2, 0.25) is 0 Å². The minimum absolute atomic E-state index is 0.418. The molecule has 0 radical (unpaired) electrons. The van der Waals surface area contributed by atoms with E-state index < -0.39 is 0 Å². The van der Waals surface area contributed by atoms with Crippen molar-refractivity contribution in [2.45, 2.75) is 44.9 Å². The molecule has 66 valence electrons. The third-order valence-corrected chi connectivity index (χ3v) is 3.04. The second kappa shape index (κ2) is 3.42. The van der Waals surface area contributed by atoms with Crippen LogP contribution in [-0.4, -0.2) is 5.78 Å². The maximum Gasteiger partial charge on any atom is 0.158 e. The summed E-state index contributed by atoms with van der Waals surface area (Å²) in [6, 6.07) is 0. The van der Waals surface area contributed by atoms with Gasteiger partial charge in [-0.25, -0.2) is 0 Å². The summed E-state index contributed by atoms with van der Waals surface area (Å²) in [7, 11) is 0. The lowest BCUT2D eigenvalue weighted by molar-refractivity contribution is -0.114. The number of rotatable bonds is 1. The van der Waals surface area contributed by atoms with Gasteiger partial charge in [-0.3, -0.25) is 4.79 Å². The molecular weight excluding hydrogens is 148 g/mol. The highest BCUT2D eigenvalue weighted by molar-refractivity contribution is 5.97. The Kier molecular flexibility index (Phi) is 2.29. The highest BCUT2D eigenvalue weighted by Crippen LogP contribution is 2.30. The molecule has 0 heterocycles. The van der Waals surface area contributed by atoms with Crippen molar-refractivity contribution in [3.05, 3.63) is 11.6 Å². The summed E-state index contributed by atoms with van der Waals surface area (Å²) >= 11 is 0. The summed E-state index contributed by atoms with van der Waals surface area (Å²) in [5, 5.41) is 0. The number of carbonyl (C=O) groups excluding carboxylic acids is 1. The molecule has 0 unspecified atom stereocenters. The van der Waals surface area contributed by atoms with E-state index in [9.17, 15) is 4.79 Å². The monoisotopic (exact) mass is 164 g/mol. The molecular formula is C11H16O. The molecule has 1 nitrogen and oxygen atoms in total. The van der Waals surface area contributed by atoms with Gasteiger partial charge >= 0.3 is 0 Å². The molecule has 0 aromatic carbocycles. The zero-order chi connectivity index (χ0) is 8.39. The lowest BCUT2D eigenvalue weighted by Crippen LogP contribution is -1.95. The summed E-state index contributed by atoms with van der Waals surface area (Å²) in [5.41, 5.74) is 1.14. The van der Waals surface area contributed by atoms with E-state index in [0.29, 0.717) is 5.78 Å². The fourth-order valence-electron chi connectivity index (χ4n) is 2.32. The number of ketones is 1. The molecule has 0 N–H and O–H groups in total. The average molecular weight is 164 g/mol. The first-order chi connectivity index (χ1) is 5.86. The van der Waals surface area contributed by atoms with Crippen molar-refractivity contribution in [2.24, 2.45) is 5.92 Å². The van der Waals surface area contributed by atoms with Crippen LogP contribution < -0.4 is 0 Å². The molecule has 0 bridgehead atoms. The van der Waals surface area contributed by atoms with Crippen molar-refractivity contribution >= 4 is 5.78 Å². The third kappa shape index (κ3) is 1.60. The Labute approximate surface area is 73.8 Å². The van der Waals surface area contributed by atoms with Gasteiger partial charge in [0.2, 0.25) is 0 Å². The number of hydrogen-bond donors (Lipinski definition) is 0. The Morgan fingerprint density at radius 3 is 2.42 bits per heavy atom. The third-order valence-electron chi connectivity index (χ3n) is 3.04. The molecule has 2 rings (SSSR count). The number of hydrogen-bond acceptors (Lipinski definition) is 1. The van der Waals surface area contributed by atoms with E-state index in [1.165, 1.54) is 25.7 Å². The smallest absolute Gasteiger partial charge is 0.158 e. The van der Waals surface area contributed by atoms with Gasteiger partial charge in [0.1, 0.15) is 0 Å². The average Bonchev–Trinajstić information content (AvgIpc) is 2.65. The zero-order valence-electron chi connectivity index (χ0n) is 7.51. The molecule has 2 fully saturated rings. The largest absolute Gasteiger partial charge is 0.295 e. The van der Waals surface area contributed by atoms with Crippen LogP contribution in [0.5, 0.6) is 0 Å². The van der Waals surface area contributed by atoms with E-state index in [1.807, 2.05) is 0 Å². The van der Waals surface area contributed by atoms with Crippen LogP contribution in [0, 0.1) is 5.92 Å². The van der Waals surface area contributed by atoms with Crippen LogP contribution in [0.25, 0.3) is 0 Å². The summed E-state index contributed by atoms with van der Waals surface area (Å²) in [5.74, 6) is 1.16. The first kappa shape index (κ1) is 8.03. The summed E-state index contributed by atoms with van der Waals surface area (Å²) in [4.78, 5) is 11.3. The zero-order valence-corrected chi connectivity index (χ0v) is 7.51. The Bertz CT molecular complexity index is 209. The Balaban J connectivity index is 2.01. The Morgan fingerprint density at radius 2 is 1.83 bits per heavy atom. The fourth-order valence-corrected chi connectivity index (χ4v) is 2.32. The highest BCUT2D eigenvalue weighted by Gasteiger charge is 2.20. The van der Waals surface area contributed by atoms with Crippen LogP contribution in [0.15, 0.2) is 11.6 Å². The van der Waals surface area contributed by atoms with E-state index in [-0.39, 0.29) is 0 Å². The van der Waals surface area contributed by atoms with E-state index in [2.05, 4.69) is 6.08 Å². The van der Waals surface area contributed by atoms with Gasteiger partial charge in [-0.1, -0.05) is 18.9 Å². The second-order valence-electron chi connectivity index (χ2n) is 4.01. The standard InChI is InChI=1S/C11H16O/c12-11-7-3-6-10(11)8-9-4-1-2-5-9/h8-9H,1-7H2. The molecule has 2 aliphatic carbocycles.